The normalized spacial score (nSPS) is 17.5. The zero-order valence-electron chi connectivity index (χ0n) is 9.47. The Hall–Kier alpha value is -1.00. The maximum Gasteiger partial charge on any atom is 0.290 e. The Morgan fingerprint density at radius 1 is 1.44 bits per heavy atom. The van der Waals surface area contributed by atoms with Crippen molar-refractivity contribution < 1.29 is 9.90 Å². The largest absolute Gasteiger partial charge is 0.483 e. The van der Waals surface area contributed by atoms with Gasteiger partial charge in [-0.3, -0.25) is 4.79 Å². The third kappa shape index (κ3) is 9.55. The summed E-state index contributed by atoms with van der Waals surface area (Å²) in [5.74, 6) is 0. The van der Waals surface area contributed by atoms with Gasteiger partial charge in [0.15, 0.2) is 0 Å². The third-order valence-corrected chi connectivity index (χ3v) is 2.36. The number of carbonyl (C=O) groups is 1. The van der Waals surface area contributed by atoms with Gasteiger partial charge in [-0.05, 0) is 38.4 Å². The second-order valence-corrected chi connectivity index (χ2v) is 3.95. The summed E-state index contributed by atoms with van der Waals surface area (Å²) in [4.78, 5) is 9.38. The van der Waals surface area contributed by atoms with E-state index in [4.69, 9.17) is 9.90 Å². The van der Waals surface area contributed by atoms with Gasteiger partial charge >= 0.3 is 0 Å². The summed E-state index contributed by atoms with van der Waals surface area (Å²) in [6.07, 6.45) is 2.75. The predicted molar refractivity (Wildman–Crippen MR) is 69.1 cm³/mol. The molecule has 1 heterocycles. The standard InChI is InChI=1S/C6H6S.C5H11N.CH2O2/c7-6-4-2-1-3-5-6;1-5-3-2-4-6-5;2-1-3/h1-5,7H;5-6H,2-4H2,1H3;1H,(H,2,3). The first-order chi connectivity index (χ1) is 7.70. The van der Waals surface area contributed by atoms with Crippen molar-refractivity contribution in [1.82, 2.24) is 5.32 Å². The molecule has 0 aliphatic carbocycles. The van der Waals surface area contributed by atoms with E-state index in [1.807, 2.05) is 30.3 Å². The number of carboxylic acid groups (broad SMARTS) is 1. The van der Waals surface area contributed by atoms with Gasteiger partial charge in [0.25, 0.3) is 6.47 Å². The molecule has 2 rings (SSSR count). The minimum atomic E-state index is -0.250. The molecule has 0 bridgehead atoms. The molecule has 0 amide bonds. The van der Waals surface area contributed by atoms with E-state index in [0.717, 1.165) is 10.9 Å². The fourth-order valence-electron chi connectivity index (χ4n) is 1.29. The topological polar surface area (TPSA) is 49.3 Å². The maximum atomic E-state index is 8.36. The molecule has 4 heteroatoms. The Kier molecular flexibility index (Phi) is 9.86. The molecular weight excluding hydrogens is 222 g/mol. The lowest BCUT2D eigenvalue weighted by atomic mass is 10.3. The molecule has 1 aromatic carbocycles. The zero-order valence-corrected chi connectivity index (χ0v) is 10.4. The van der Waals surface area contributed by atoms with Crippen LogP contribution in [0.25, 0.3) is 0 Å². The van der Waals surface area contributed by atoms with E-state index in [0.29, 0.717) is 0 Å². The molecule has 1 saturated heterocycles. The van der Waals surface area contributed by atoms with Crippen molar-refractivity contribution in [2.24, 2.45) is 0 Å². The van der Waals surface area contributed by atoms with Crippen molar-refractivity contribution >= 4 is 19.1 Å². The van der Waals surface area contributed by atoms with E-state index in [-0.39, 0.29) is 6.47 Å². The Balaban J connectivity index is 0.000000230. The average molecular weight is 241 g/mol. The van der Waals surface area contributed by atoms with Crippen LogP contribution in [0.2, 0.25) is 0 Å². The summed E-state index contributed by atoms with van der Waals surface area (Å²) >= 11 is 4.08. The lowest BCUT2D eigenvalue weighted by Gasteiger charge is -1.95. The Bertz CT molecular complexity index is 261. The van der Waals surface area contributed by atoms with Crippen molar-refractivity contribution in [1.29, 1.82) is 0 Å². The van der Waals surface area contributed by atoms with Gasteiger partial charge < -0.3 is 10.4 Å². The molecule has 16 heavy (non-hydrogen) atoms. The molecule has 3 nitrogen and oxygen atoms in total. The molecule has 0 saturated carbocycles. The highest BCUT2D eigenvalue weighted by atomic mass is 32.1. The quantitative estimate of drug-likeness (QED) is 0.483. The second kappa shape index (κ2) is 10.5. The molecule has 90 valence electrons. The predicted octanol–water partition coefficient (Wildman–Crippen LogP) is 2.43. The van der Waals surface area contributed by atoms with E-state index < -0.39 is 0 Å². The van der Waals surface area contributed by atoms with Crippen LogP contribution in [-0.4, -0.2) is 24.2 Å². The summed E-state index contributed by atoms with van der Waals surface area (Å²) in [5, 5.41) is 10.2. The van der Waals surface area contributed by atoms with Gasteiger partial charge in [0.05, 0.1) is 0 Å². The molecule has 1 fully saturated rings. The van der Waals surface area contributed by atoms with Crippen LogP contribution >= 0.6 is 12.6 Å². The van der Waals surface area contributed by atoms with E-state index in [1.165, 1.54) is 19.4 Å². The Labute approximate surface area is 102 Å². The number of rotatable bonds is 0. The van der Waals surface area contributed by atoms with Gasteiger partial charge in [0.2, 0.25) is 0 Å². The van der Waals surface area contributed by atoms with Gasteiger partial charge in [-0.2, -0.15) is 0 Å². The summed E-state index contributed by atoms with van der Waals surface area (Å²) in [6, 6.07) is 10.6. The molecule has 0 radical (unpaired) electrons. The van der Waals surface area contributed by atoms with Crippen LogP contribution in [0.5, 0.6) is 0 Å². The summed E-state index contributed by atoms with van der Waals surface area (Å²) in [7, 11) is 0. The number of thiol groups is 1. The van der Waals surface area contributed by atoms with Gasteiger partial charge in [-0.25, -0.2) is 0 Å². The molecule has 1 aliphatic heterocycles. The van der Waals surface area contributed by atoms with Gasteiger partial charge in [-0.15, -0.1) is 12.6 Å². The van der Waals surface area contributed by atoms with Gasteiger partial charge in [-0.1, -0.05) is 18.2 Å². The number of nitrogens with one attached hydrogen (secondary N) is 1. The van der Waals surface area contributed by atoms with Crippen LogP contribution in [0.4, 0.5) is 0 Å². The average Bonchev–Trinajstić information content (AvgIpc) is 2.72. The van der Waals surface area contributed by atoms with Gasteiger partial charge in [0.1, 0.15) is 0 Å². The highest BCUT2D eigenvalue weighted by Gasteiger charge is 2.05. The lowest BCUT2D eigenvalue weighted by Crippen LogP contribution is -2.16. The number of hydrogen-bond acceptors (Lipinski definition) is 3. The monoisotopic (exact) mass is 241 g/mol. The molecular formula is C12H19NO2S. The third-order valence-electron chi connectivity index (χ3n) is 2.06. The van der Waals surface area contributed by atoms with E-state index >= 15 is 0 Å². The van der Waals surface area contributed by atoms with E-state index in [2.05, 4.69) is 24.9 Å². The fraction of sp³-hybridized carbons (Fsp3) is 0.417. The maximum absolute atomic E-state index is 8.36. The number of hydrogen-bond donors (Lipinski definition) is 3. The molecule has 1 aliphatic rings. The van der Waals surface area contributed by atoms with Crippen molar-refractivity contribution in [3.8, 4) is 0 Å². The first kappa shape index (κ1) is 15.0. The second-order valence-electron chi connectivity index (χ2n) is 3.44. The van der Waals surface area contributed by atoms with E-state index in [1.54, 1.807) is 0 Å². The van der Waals surface area contributed by atoms with Crippen LogP contribution in [0.15, 0.2) is 35.2 Å². The van der Waals surface area contributed by atoms with Crippen molar-refractivity contribution in [3.63, 3.8) is 0 Å². The molecule has 1 unspecified atom stereocenters. The van der Waals surface area contributed by atoms with Crippen LogP contribution < -0.4 is 5.32 Å². The summed E-state index contributed by atoms with van der Waals surface area (Å²) in [5.41, 5.74) is 0. The molecule has 1 atom stereocenters. The number of benzene rings is 1. The zero-order chi connectivity index (χ0) is 12.2. The molecule has 1 aromatic rings. The van der Waals surface area contributed by atoms with Crippen LogP contribution in [-0.2, 0) is 4.79 Å². The van der Waals surface area contributed by atoms with Gasteiger partial charge in [0, 0.05) is 10.9 Å². The van der Waals surface area contributed by atoms with Crippen LogP contribution in [0.1, 0.15) is 19.8 Å². The highest BCUT2D eigenvalue weighted by molar-refractivity contribution is 7.80. The minimum absolute atomic E-state index is 0.250. The summed E-state index contributed by atoms with van der Waals surface area (Å²) in [6.45, 7) is 3.22. The Morgan fingerprint density at radius 3 is 2.19 bits per heavy atom. The first-order valence-electron chi connectivity index (χ1n) is 5.26. The van der Waals surface area contributed by atoms with Crippen molar-refractivity contribution in [2.45, 2.75) is 30.7 Å². The fourth-order valence-corrected chi connectivity index (χ4v) is 1.46. The van der Waals surface area contributed by atoms with Crippen LogP contribution in [0, 0.1) is 0 Å². The smallest absolute Gasteiger partial charge is 0.290 e. The SMILES string of the molecule is CC1CCCN1.O=CO.Sc1ccccc1. The van der Waals surface area contributed by atoms with Crippen LogP contribution in [0.3, 0.4) is 0 Å². The first-order valence-corrected chi connectivity index (χ1v) is 5.70. The minimum Gasteiger partial charge on any atom is -0.483 e. The van der Waals surface area contributed by atoms with Crippen molar-refractivity contribution in [3.05, 3.63) is 30.3 Å². The molecule has 0 aromatic heterocycles. The Morgan fingerprint density at radius 2 is 2.00 bits per heavy atom. The summed E-state index contributed by atoms with van der Waals surface area (Å²) < 4.78 is 0. The highest BCUT2D eigenvalue weighted by Crippen LogP contribution is 2.01. The lowest BCUT2D eigenvalue weighted by molar-refractivity contribution is -0.122. The molecule has 2 N–H and O–H groups in total. The van der Waals surface area contributed by atoms with Crippen molar-refractivity contribution in [2.75, 3.05) is 6.54 Å². The van der Waals surface area contributed by atoms with E-state index in [9.17, 15) is 0 Å². The molecule has 0 spiro atoms.